The van der Waals surface area contributed by atoms with Crippen molar-refractivity contribution in [2.24, 2.45) is 0 Å². The SMILES string of the molecule is Clc1ccsc1C(Cl)c1sccc1I. The molecular weight excluding hydrogens is 370 g/mol. The molecule has 1 atom stereocenters. The van der Waals surface area contributed by atoms with Crippen LogP contribution in [0.15, 0.2) is 22.9 Å². The van der Waals surface area contributed by atoms with Crippen LogP contribution in [0.25, 0.3) is 0 Å². The molecule has 2 aromatic rings. The molecule has 14 heavy (non-hydrogen) atoms. The Morgan fingerprint density at radius 3 is 2.29 bits per heavy atom. The van der Waals surface area contributed by atoms with Crippen LogP contribution in [0.2, 0.25) is 5.02 Å². The smallest absolute Gasteiger partial charge is 0.104 e. The topological polar surface area (TPSA) is 0 Å². The van der Waals surface area contributed by atoms with Crippen molar-refractivity contribution >= 4 is 68.5 Å². The molecule has 0 radical (unpaired) electrons. The van der Waals surface area contributed by atoms with E-state index in [0.29, 0.717) is 0 Å². The minimum absolute atomic E-state index is 0.102. The Morgan fingerprint density at radius 2 is 1.79 bits per heavy atom. The Hall–Kier alpha value is 0.710. The van der Waals surface area contributed by atoms with Gasteiger partial charge in [0.15, 0.2) is 0 Å². The highest BCUT2D eigenvalue weighted by Crippen LogP contribution is 2.41. The van der Waals surface area contributed by atoms with Crippen LogP contribution in [0.4, 0.5) is 0 Å². The van der Waals surface area contributed by atoms with E-state index in [9.17, 15) is 0 Å². The van der Waals surface area contributed by atoms with Gasteiger partial charge in [-0.05, 0) is 45.5 Å². The Morgan fingerprint density at radius 1 is 1.14 bits per heavy atom. The summed E-state index contributed by atoms with van der Waals surface area (Å²) in [7, 11) is 0. The number of halogens is 3. The van der Waals surface area contributed by atoms with E-state index in [0.717, 1.165) is 9.90 Å². The fourth-order valence-electron chi connectivity index (χ4n) is 1.09. The van der Waals surface area contributed by atoms with Crippen LogP contribution in [0.3, 0.4) is 0 Å². The predicted octanol–water partition coefficient (Wildman–Crippen LogP) is 5.40. The number of alkyl halides is 1. The summed E-state index contributed by atoms with van der Waals surface area (Å²) >= 11 is 18.0. The van der Waals surface area contributed by atoms with Crippen molar-refractivity contribution in [2.45, 2.75) is 5.38 Å². The quantitative estimate of drug-likeness (QED) is 0.488. The van der Waals surface area contributed by atoms with Crippen LogP contribution in [-0.2, 0) is 0 Å². The predicted molar refractivity (Wildman–Crippen MR) is 74.1 cm³/mol. The molecule has 74 valence electrons. The monoisotopic (exact) mass is 374 g/mol. The van der Waals surface area contributed by atoms with Gasteiger partial charge in [-0.25, -0.2) is 0 Å². The summed E-state index contributed by atoms with van der Waals surface area (Å²) in [6.07, 6.45) is 0. The summed E-state index contributed by atoms with van der Waals surface area (Å²) in [6, 6.07) is 3.95. The zero-order chi connectivity index (χ0) is 10.1. The molecular formula is C9H5Cl2IS2. The minimum atomic E-state index is -0.102. The molecule has 0 saturated carbocycles. The van der Waals surface area contributed by atoms with Crippen LogP contribution in [0.1, 0.15) is 15.1 Å². The van der Waals surface area contributed by atoms with Gasteiger partial charge in [0.1, 0.15) is 5.38 Å². The summed E-state index contributed by atoms with van der Waals surface area (Å²) in [5.74, 6) is 0. The van der Waals surface area contributed by atoms with E-state index in [1.807, 2.05) is 16.8 Å². The molecule has 2 rings (SSSR count). The maximum atomic E-state index is 6.36. The summed E-state index contributed by atoms with van der Waals surface area (Å²) in [5, 5.41) is 4.68. The van der Waals surface area contributed by atoms with E-state index in [-0.39, 0.29) is 5.38 Å². The van der Waals surface area contributed by atoms with Crippen LogP contribution in [-0.4, -0.2) is 0 Å². The van der Waals surface area contributed by atoms with Gasteiger partial charge in [-0.3, -0.25) is 0 Å². The Bertz CT molecular complexity index is 395. The van der Waals surface area contributed by atoms with Gasteiger partial charge < -0.3 is 0 Å². The summed E-state index contributed by atoms with van der Waals surface area (Å²) < 4.78 is 1.21. The Kier molecular flexibility index (Phi) is 3.76. The van der Waals surface area contributed by atoms with Crippen molar-refractivity contribution in [3.63, 3.8) is 0 Å². The first-order chi connectivity index (χ1) is 6.70. The summed E-state index contributed by atoms with van der Waals surface area (Å²) in [4.78, 5) is 2.21. The van der Waals surface area contributed by atoms with Gasteiger partial charge >= 0.3 is 0 Å². The third kappa shape index (κ3) is 2.11. The van der Waals surface area contributed by atoms with E-state index in [4.69, 9.17) is 23.2 Å². The van der Waals surface area contributed by atoms with Gasteiger partial charge in [-0.15, -0.1) is 34.3 Å². The number of rotatable bonds is 2. The molecule has 0 aliphatic rings. The average Bonchev–Trinajstić information content (AvgIpc) is 2.73. The lowest BCUT2D eigenvalue weighted by Crippen LogP contribution is -1.88. The first-order valence-corrected chi connectivity index (χ1v) is 7.45. The standard InChI is InChI=1S/C9H5Cl2IS2/c10-5-1-3-13-8(5)7(11)9-6(12)2-4-14-9/h1-4,7H. The van der Waals surface area contributed by atoms with Crippen LogP contribution < -0.4 is 0 Å². The van der Waals surface area contributed by atoms with Crippen molar-refractivity contribution in [1.29, 1.82) is 0 Å². The van der Waals surface area contributed by atoms with Gasteiger partial charge in [0.05, 0.1) is 5.02 Å². The van der Waals surface area contributed by atoms with E-state index in [1.54, 1.807) is 22.7 Å². The fraction of sp³-hybridized carbons (Fsp3) is 0.111. The number of hydrogen-bond donors (Lipinski definition) is 0. The maximum absolute atomic E-state index is 6.36. The fourth-order valence-corrected chi connectivity index (χ4v) is 4.98. The maximum Gasteiger partial charge on any atom is 0.104 e. The molecule has 0 N–H and O–H groups in total. The molecule has 0 aromatic carbocycles. The first-order valence-electron chi connectivity index (χ1n) is 3.80. The lowest BCUT2D eigenvalue weighted by molar-refractivity contribution is 1.23. The molecule has 0 amide bonds. The molecule has 2 heterocycles. The average molecular weight is 375 g/mol. The molecule has 0 aliphatic carbocycles. The lowest BCUT2D eigenvalue weighted by Gasteiger charge is -2.06. The normalized spacial score (nSPS) is 13.1. The van der Waals surface area contributed by atoms with Crippen LogP contribution in [0.5, 0.6) is 0 Å². The highest BCUT2D eigenvalue weighted by Gasteiger charge is 2.18. The number of thiophene rings is 2. The third-order valence-corrected chi connectivity index (χ3v) is 6.16. The zero-order valence-electron chi connectivity index (χ0n) is 6.84. The lowest BCUT2D eigenvalue weighted by atomic mass is 10.3. The Balaban J connectivity index is 2.38. The van der Waals surface area contributed by atoms with Gasteiger partial charge in [0.25, 0.3) is 0 Å². The minimum Gasteiger partial charge on any atom is -0.146 e. The first kappa shape index (κ1) is 11.2. The molecule has 0 saturated heterocycles. The molecule has 1 unspecified atom stereocenters. The molecule has 2 aromatic heterocycles. The molecule has 5 heteroatoms. The van der Waals surface area contributed by atoms with Crippen LogP contribution in [0, 0.1) is 3.57 Å². The zero-order valence-corrected chi connectivity index (χ0v) is 12.1. The van der Waals surface area contributed by atoms with E-state index >= 15 is 0 Å². The molecule has 0 fully saturated rings. The van der Waals surface area contributed by atoms with Crippen LogP contribution >= 0.6 is 68.5 Å². The van der Waals surface area contributed by atoms with Gasteiger partial charge in [0, 0.05) is 13.3 Å². The van der Waals surface area contributed by atoms with E-state index in [2.05, 4.69) is 28.7 Å². The van der Waals surface area contributed by atoms with Crippen molar-refractivity contribution in [3.8, 4) is 0 Å². The Labute approximate surface area is 114 Å². The van der Waals surface area contributed by atoms with Crippen molar-refractivity contribution in [3.05, 3.63) is 41.2 Å². The van der Waals surface area contributed by atoms with Crippen molar-refractivity contribution in [1.82, 2.24) is 0 Å². The van der Waals surface area contributed by atoms with E-state index in [1.165, 1.54) is 8.45 Å². The summed E-state index contributed by atoms with van der Waals surface area (Å²) in [6.45, 7) is 0. The largest absolute Gasteiger partial charge is 0.146 e. The summed E-state index contributed by atoms with van der Waals surface area (Å²) in [5.41, 5.74) is 0. The van der Waals surface area contributed by atoms with Crippen molar-refractivity contribution in [2.75, 3.05) is 0 Å². The third-order valence-electron chi connectivity index (χ3n) is 1.75. The van der Waals surface area contributed by atoms with Gasteiger partial charge in [-0.1, -0.05) is 11.6 Å². The second-order valence-corrected chi connectivity index (χ2v) is 6.53. The second kappa shape index (κ2) is 4.70. The molecule has 0 aliphatic heterocycles. The van der Waals surface area contributed by atoms with Gasteiger partial charge in [0.2, 0.25) is 0 Å². The van der Waals surface area contributed by atoms with Gasteiger partial charge in [-0.2, -0.15) is 0 Å². The highest BCUT2D eigenvalue weighted by atomic mass is 127. The van der Waals surface area contributed by atoms with E-state index < -0.39 is 0 Å². The molecule has 0 spiro atoms. The number of hydrogen-bond acceptors (Lipinski definition) is 2. The molecule has 0 bridgehead atoms. The molecule has 0 nitrogen and oxygen atoms in total. The highest BCUT2D eigenvalue weighted by molar-refractivity contribution is 14.1. The second-order valence-electron chi connectivity index (χ2n) is 2.63. The van der Waals surface area contributed by atoms with Crippen molar-refractivity contribution < 1.29 is 0 Å².